The van der Waals surface area contributed by atoms with Gasteiger partial charge in [0.1, 0.15) is 5.82 Å². The van der Waals surface area contributed by atoms with Gasteiger partial charge in [0, 0.05) is 11.8 Å². The Morgan fingerprint density at radius 1 is 1.04 bits per heavy atom. The standard InChI is InChI=1S/C20H15N3O4/c1-27-20(26)16-10-21-17(22-16)13-8-6-12(7-9-13)11-23-18(24)14-4-2-3-5-15(14)19(23)25/h2-10H,11H2,1H3,(H,21,22). The first-order chi connectivity index (χ1) is 13.1. The zero-order valence-corrected chi connectivity index (χ0v) is 14.4. The topological polar surface area (TPSA) is 92.4 Å². The number of aromatic nitrogens is 2. The fourth-order valence-electron chi connectivity index (χ4n) is 3.01. The van der Waals surface area contributed by atoms with Crippen LogP contribution in [0.1, 0.15) is 36.8 Å². The molecule has 2 aromatic carbocycles. The van der Waals surface area contributed by atoms with Crippen LogP contribution in [0.3, 0.4) is 0 Å². The number of aromatic amines is 1. The van der Waals surface area contributed by atoms with Crippen LogP contribution < -0.4 is 0 Å². The number of esters is 1. The first kappa shape index (κ1) is 16.7. The van der Waals surface area contributed by atoms with Crippen LogP contribution in [0.5, 0.6) is 0 Å². The molecule has 0 bridgehead atoms. The summed E-state index contributed by atoms with van der Waals surface area (Å²) < 4.78 is 4.63. The molecular formula is C20H15N3O4. The Bertz CT molecular complexity index is 1020. The first-order valence-corrected chi connectivity index (χ1v) is 8.27. The lowest BCUT2D eigenvalue weighted by Crippen LogP contribution is -2.29. The highest BCUT2D eigenvalue weighted by Gasteiger charge is 2.34. The van der Waals surface area contributed by atoms with E-state index in [0.717, 1.165) is 11.1 Å². The number of amides is 2. The van der Waals surface area contributed by atoms with Gasteiger partial charge in [-0.2, -0.15) is 0 Å². The molecule has 134 valence electrons. The van der Waals surface area contributed by atoms with E-state index >= 15 is 0 Å². The summed E-state index contributed by atoms with van der Waals surface area (Å²) in [6.45, 7) is 0.193. The van der Waals surface area contributed by atoms with Gasteiger partial charge in [-0.1, -0.05) is 36.4 Å². The Labute approximate surface area is 154 Å². The van der Waals surface area contributed by atoms with Crippen LogP contribution in [0, 0.1) is 0 Å². The molecule has 0 spiro atoms. The normalized spacial score (nSPS) is 13.0. The number of methoxy groups -OCH3 is 1. The summed E-state index contributed by atoms with van der Waals surface area (Å²) in [6.07, 6.45) is 1.48. The second-order valence-corrected chi connectivity index (χ2v) is 6.06. The van der Waals surface area contributed by atoms with E-state index in [1.807, 2.05) is 24.3 Å². The Hall–Kier alpha value is -3.74. The molecule has 0 aliphatic carbocycles. The Kier molecular flexibility index (Phi) is 4.04. The Morgan fingerprint density at radius 2 is 1.67 bits per heavy atom. The summed E-state index contributed by atoms with van der Waals surface area (Å²) in [5.41, 5.74) is 2.65. The van der Waals surface area contributed by atoms with Crippen LogP contribution >= 0.6 is 0 Å². The molecule has 2 heterocycles. The summed E-state index contributed by atoms with van der Waals surface area (Å²) in [5, 5.41) is 0. The number of imide groups is 1. The smallest absolute Gasteiger partial charge is 0.358 e. The van der Waals surface area contributed by atoms with Gasteiger partial charge in [0.25, 0.3) is 11.8 Å². The second-order valence-electron chi connectivity index (χ2n) is 6.06. The molecule has 0 unspecified atom stereocenters. The molecule has 0 saturated carbocycles. The maximum Gasteiger partial charge on any atom is 0.358 e. The van der Waals surface area contributed by atoms with Gasteiger partial charge in [0.05, 0.1) is 24.8 Å². The molecule has 0 radical (unpaired) electrons. The van der Waals surface area contributed by atoms with Gasteiger partial charge in [0.2, 0.25) is 0 Å². The van der Waals surface area contributed by atoms with Crippen molar-refractivity contribution in [3.05, 3.63) is 77.1 Å². The number of benzene rings is 2. The summed E-state index contributed by atoms with van der Waals surface area (Å²) in [5.74, 6) is -0.552. The molecule has 1 aliphatic heterocycles. The third-order valence-electron chi connectivity index (χ3n) is 4.42. The minimum Gasteiger partial charge on any atom is -0.464 e. The fraction of sp³-hybridized carbons (Fsp3) is 0.100. The number of H-pyrrole nitrogens is 1. The van der Waals surface area contributed by atoms with Crippen molar-refractivity contribution in [3.8, 4) is 11.4 Å². The van der Waals surface area contributed by atoms with Crippen LogP contribution in [-0.2, 0) is 11.3 Å². The Morgan fingerprint density at radius 3 is 2.26 bits per heavy atom. The monoisotopic (exact) mass is 361 g/mol. The highest BCUT2D eigenvalue weighted by Crippen LogP contribution is 2.25. The summed E-state index contributed by atoms with van der Waals surface area (Å²) >= 11 is 0. The van der Waals surface area contributed by atoms with E-state index in [2.05, 4.69) is 14.7 Å². The number of nitrogens with one attached hydrogen (secondary N) is 1. The number of hydrogen-bond donors (Lipinski definition) is 1. The molecule has 3 aromatic rings. The van der Waals surface area contributed by atoms with E-state index in [-0.39, 0.29) is 24.1 Å². The average Bonchev–Trinajstić information content (AvgIpc) is 3.28. The highest BCUT2D eigenvalue weighted by atomic mass is 16.5. The number of rotatable bonds is 4. The molecule has 0 fully saturated rings. The van der Waals surface area contributed by atoms with Crippen molar-refractivity contribution in [1.82, 2.24) is 14.9 Å². The van der Waals surface area contributed by atoms with Gasteiger partial charge < -0.3 is 9.72 Å². The molecule has 27 heavy (non-hydrogen) atoms. The van der Waals surface area contributed by atoms with Crippen LogP contribution in [0.15, 0.2) is 54.7 Å². The van der Waals surface area contributed by atoms with Crippen molar-refractivity contribution in [2.75, 3.05) is 7.11 Å². The molecule has 1 aliphatic rings. The van der Waals surface area contributed by atoms with Crippen molar-refractivity contribution in [1.29, 1.82) is 0 Å². The van der Waals surface area contributed by atoms with Crippen LogP contribution in [0.4, 0.5) is 0 Å². The zero-order chi connectivity index (χ0) is 19.0. The van der Waals surface area contributed by atoms with Gasteiger partial charge in [-0.05, 0) is 17.7 Å². The van der Waals surface area contributed by atoms with E-state index < -0.39 is 5.97 Å². The van der Waals surface area contributed by atoms with E-state index in [4.69, 9.17) is 0 Å². The van der Waals surface area contributed by atoms with Gasteiger partial charge in [0.15, 0.2) is 5.69 Å². The summed E-state index contributed by atoms with van der Waals surface area (Å²) in [6, 6.07) is 14.1. The largest absolute Gasteiger partial charge is 0.464 e. The maximum absolute atomic E-state index is 12.4. The van der Waals surface area contributed by atoms with Crippen molar-refractivity contribution < 1.29 is 19.1 Å². The van der Waals surface area contributed by atoms with Gasteiger partial charge in [-0.25, -0.2) is 9.78 Å². The lowest BCUT2D eigenvalue weighted by atomic mass is 10.1. The number of hydrogen-bond acceptors (Lipinski definition) is 5. The predicted molar refractivity (Wildman–Crippen MR) is 96.0 cm³/mol. The molecule has 1 aromatic heterocycles. The number of fused-ring (bicyclic) bond motifs is 1. The number of carbonyl (C=O) groups is 3. The Balaban J connectivity index is 1.52. The van der Waals surface area contributed by atoms with Crippen molar-refractivity contribution in [2.24, 2.45) is 0 Å². The van der Waals surface area contributed by atoms with Gasteiger partial charge in [-0.3, -0.25) is 14.5 Å². The van der Waals surface area contributed by atoms with E-state index in [1.54, 1.807) is 24.3 Å². The fourth-order valence-corrected chi connectivity index (χ4v) is 3.01. The van der Waals surface area contributed by atoms with E-state index in [1.165, 1.54) is 18.2 Å². The van der Waals surface area contributed by atoms with E-state index in [0.29, 0.717) is 17.0 Å². The SMILES string of the molecule is COC(=O)c1c[nH]c(-c2ccc(CN3C(=O)c4ccccc4C3=O)cc2)n1. The third-order valence-corrected chi connectivity index (χ3v) is 4.42. The third kappa shape index (κ3) is 2.89. The van der Waals surface area contributed by atoms with Crippen molar-refractivity contribution in [2.45, 2.75) is 6.54 Å². The van der Waals surface area contributed by atoms with Crippen LogP contribution in [0.25, 0.3) is 11.4 Å². The predicted octanol–water partition coefficient (Wildman–Crippen LogP) is 2.66. The quantitative estimate of drug-likeness (QED) is 0.570. The molecule has 1 N–H and O–H groups in total. The molecular weight excluding hydrogens is 346 g/mol. The lowest BCUT2D eigenvalue weighted by molar-refractivity contribution is 0.0592. The molecule has 7 heteroatoms. The molecule has 2 amide bonds. The minimum atomic E-state index is -0.514. The number of nitrogens with zero attached hydrogens (tertiary/aromatic N) is 2. The van der Waals surface area contributed by atoms with Crippen molar-refractivity contribution >= 4 is 17.8 Å². The van der Waals surface area contributed by atoms with Crippen LogP contribution in [-0.4, -0.2) is 39.8 Å². The highest BCUT2D eigenvalue weighted by molar-refractivity contribution is 6.21. The average molecular weight is 361 g/mol. The molecule has 4 rings (SSSR count). The minimum absolute atomic E-state index is 0.193. The zero-order valence-electron chi connectivity index (χ0n) is 14.4. The maximum atomic E-state index is 12.4. The van der Waals surface area contributed by atoms with Gasteiger partial charge >= 0.3 is 5.97 Å². The van der Waals surface area contributed by atoms with E-state index in [9.17, 15) is 14.4 Å². The van der Waals surface area contributed by atoms with Crippen molar-refractivity contribution in [3.63, 3.8) is 0 Å². The molecule has 0 saturated heterocycles. The second kappa shape index (κ2) is 6.53. The summed E-state index contributed by atoms with van der Waals surface area (Å²) in [7, 11) is 1.30. The van der Waals surface area contributed by atoms with Crippen LogP contribution in [0.2, 0.25) is 0 Å². The lowest BCUT2D eigenvalue weighted by Gasteiger charge is -2.14. The molecule has 7 nitrogen and oxygen atoms in total. The number of ether oxygens (including phenoxy) is 1. The number of imidazole rings is 1. The molecule has 0 atom stereocenters. The first-order valence-electron chi connectivity index (χ1n) is 8.27. The van der Waals surface area contributed by atoms with Gasteiger partial charge in [-0.15, -0.1) is 0 Å². The number of carbonyl (C=O) groups excluding carboxylic acids is 3. The summed E-state index contributed by atoms with van der Waals surface area (Å²) in [4.78, 5) is 44.7.